The summed E-state index contributed by atoms with van der Waals surface area (Å²) < 4.78 is 43.4. The van der Waals surface area contributed by atoms with Crippen molar-refractivity contribution in [3.63, 3.8) is 0 Å². The Labute approximate surface area is 192 Å². The van der Waals surface area contributed by atoms with E-state index < -0.39 is 17.6 Å². The largest absolute Gasteiger partial charge is 0.497 e. The average molecular weight is 472 g/mol. The molecule has 1 N–H and O–H groups in total. The molecule has 0 aliphatic carbocycles. The average Bonchev–Trinajstić information content (AvgIpc) is 3.20. The Morgan fingerprint density at radius 2 is 1.76 bits per heavy atom. The number of halogens is 3. The number of anilines is 2. The Morgan fingerprint density at radius 3 is 2.39 bits per heavy atom. The van der Waals surface area contributed by atoms with Crippen molar-refractivity contribution in [2.75, 3.05) is 23.1 Å². The molecule has 0 spiro atoms. The highest BCUT2D eigenvalue weighted by Crippen LogP contribution is 2.42. The zero-order chi connectivity index (χ0) is 23.6. The minimum Gasteiger partial charge on any atom is -0.497 e. The molecule has 3 aromatic carbocycles. The molecule has 0 aromatic heterocycles. The molecule has 0 saturated carbocycles. The number of benzene rings is 3. The summed E-state index contributed by atoms with van der Waals surface area (Å²) in [5.41, 5.74) is 1.31. The number of amides is 2. The van der Waals surface area contributed by atoms with Gasteiger partial charge in [-0.15, -0.1) is 11.8 Å². The van der Waals surface area contributed by atoms with Gasteiger partial charge < -0.3 is 10.1 Å². The minimum atomic E-state index is -4.46. The normalized spacial score (nSPS) is 16.1. The Balaban J connectivity index is 1.53. The van der Waals surface area contributed by atoms with Gasteiger partial charge in [0, 0.05) is 16.9 Å². The predicted molar refractivity (Wildman–Crippen MR) is 122 cm³/mol. The molecule has 1 heterocycles. The predicted octanol–water partition coefficient (Wildman–Crippen LogP) is 5.74. The highest BCUT2D eigenvalue weighted by molar-refractivity contribution is 8.00. The smallest absolute Gasteiger partial charge is 0.416 e. The lowest BCUT2D eigenvalue weighted by atomic mass is 10.1. The van der Waals surface area contributed by atoms with Crippen LogP contribution in [0.2, 0.25) is 0 Å². The lowest BCUT2D eigenvalue weighted by molar-refractivity contribution is -0.137. The Hall–Kier alpha value is -3.46. The second-order valence-electron chi connectivity index (χ2n) is 7.28. The van der Waals surface area contributed by atoms with Gasteiger partial charge in [0.15, 0.2) is 0 Å². The van der Waals surface area contributed by atoms with E-state index >= 15 is 0 Å². The standard InChI is InChI=1S/C24H19F3N2O3S/c1-32-20-11-9-19(10-12-20)29-21(30)14-33-23(29)16-3-2-4-18(13-16)28-22(31)15-5-7-17(8-6-15)24(25,26)27/h2-13,23H,14H2,1H3,(H,28,31)/t23-/m1/s1. The summed E-state index contributed by atoms with van der Waals surface area (Å²) in [4.78, 5) is 26.8. The third-order valence-electron chi connectivity index (χ3n) is 5.12. The van der Waals surface area contributed by atoms with Gasteiger partial charge in [0.2, 0.25) is 5.91 Å². The molecule has 5 nitrogen and oxygen atoms in total. The molecule has 0 radical (unpaired) electrons. The van der Waals surface area contributed by atoms with E-state index in [1.807, 2.05) is 18.2 Å². The SMILES string of the molecule is COc1ccc(N2C(=O)CS[C@@H]2c2cccc(NC(=O)c3ccc(C(F)(F)F)cc3)c2)cc1. The van der Waals surface area contributed by atoms with Crippen molar-refractivity contribution in [1.82, 2.24) is 0 Å². The van der Waals surface area contributed by atoms with Crippen molar-refractivity contribution in [3.05, 3.63) is 89.5 Å². The van der Waals surface area contributed by atoms with E-state index in [0.29, 0.717) is 17.2 Å². The number of carbonyl (C=O) groups is 2. The molecule has 33 heavy (non-hydrogen) atoms. The van der Waals surface area contributed by atoms with Gasteiger partial charge in [-0.05, 0) is 66.2 Å². The van der Waals surface area contributed by atoms with Crippen LogP contribution in [0.5, 0.6) is 5.75 Å². The van der Waals surface area contributed by atoms with Gasteiger partial charge in [-0.25, -0.2) is 0 Å². The van der Waals surface area contributed by atoms with Gasteiger partial charge in [-0.2, -0.15) is 13.2 Å². The molecule has 1 aliphatic heterocycles. The number of nitrogens with one attached hydrogen (secondary N) is 1. The molecule has 1 saturated heterocycles. The second-order valence-corrected chi connectivity index (χ2v) is 8.35. The van der Waals surface area contributed by atoms with E-state index in [2.05, 4.69) is 5.32 Å². The molecule has 4 rings (SSSR count). The number of methoxy groups -OCH3 is 1. The number of hydrogen-bond acceptors (Lipinski definition) is 4. The monoisotopic (exact) mass is 472 g/mol. The van der Waals surface area contributed by atoms with Crippen LogP contribution in [0.4, 0.5) is 24.5 Å². The van der Waals surface area contributed by atoms with Gasteiger partial charge in [-0.1, -0.05) is 12.1 Å². The second kappa shape index (κ2) is 9.19. The van der Waals surface area contributed by atoms with Crippen molar-refractivity contribution < 1.29 is 27.5 Å². The molecule has 0 unspecified atom stereocenters. The van der Waals surface area contributed by atoms with Crippen LogP contribution in [-0.2, 0) is 11.0 Å². The van der Waals surface area contributed by atoms with E-state index in [9.17, 15) is 22.8 Å². The molecule has 9 heteroatoms. The van der Waals surface area contributed by atoms with E-state index in [1.54, 1.807) is 42.3 Å². The number of alkyl halides is 3. The molecule has 0 bridgehead atoms. The first-order valence-corrected chi connectivity index (χ1v) is 11.0. The van der Waals surface area contributed by atoms with Crippen LogP contribution in [-0.4, -0.2) is 24.7 Å². The van der Waals surface area contributed by atoms with Gasteiger partial charge in [0.25, 0.3) is 5.91 Å². The van der Waals surface area contributed by atoms with Crippen molar-refractivity contribution in [1.29, 1.82) is 0 Å². The molecule has 1 atom stereocenters. The highest BCUT2D eigenvalue weighted by Gasteiger charge is 2.34. The topological polar surface area (TPSA) is 58.6 Å². The first kappa shape index (κ1) is 22.7. The fourth-order valence-electron chi connectivity index (χ4n) is 3.48. The van der Waals surface area contributed by atoms with Gasteiger partial charge >= 0.3 is 6.18 Å². The van der Waals surface area contributed by atoms with Crippen molar-refractivity contribution >= 4 is 35.0 Å². The number of carbonyl (C=O) groups excluding carboxylic acids is 2. The van der Waals surface area contributed by atoms with Crippen LogP contribution < -0.4 is 15.0 Å². The summed E-state index contributed by atoms with van der Waals surface area (Å²) in [6.07, 6.45) is -4.46. The fourth-order valence-corrected chi connectivity index (χ4v) is 4.64. The molecule has 1 aliphatic rings. The van der Waals surface area contributed by atoms with Crippen molar-refractivity contribution in [2.24, 2.45) is 0 Å². The Morgan fingerprint density at radius 1 is 1.06 bits per heavy atom. The van der Waals surface area contributed by atoms with Crippen LogP contribution in [0.1, 0.15) is 26.9 Å². The summed E-state index contributed by atoms with van der Waals surface area (Å²) in [5.74, 6) is 0.443. The Kier molecular flexibility index (Phi) is 6.33. The van der Waals surface area contributed by atoms with Gasteiger partial charge in [0.05, 0.1) is 18.4 Å². The molecule has 170 valence electrons. The number of rotatable bonds is 5. The van der Waals surface area contributed by atoms with Crippen molar-refractivity contribution in [2.45, 2.75) is 11.6 Å². The molecule has 3 aromatic rings. The summed E-state index contributed by atoms with van der Waals surface area (Å²) in [6.45, 7) is 0. The maximum Gasteiger partial charge on any atom is 0.416 e. The summed E-state index contributed by atoms with van der Waals surface area (Å²) in [5, 5.41) is 2.43. The highest BCUT2D eigenvalue weighted by atomic mass is 32.2. The molecular formula is C24H19F3N2O3S. The van der Waals surface area contributed by atoms with Crippen LogP contribution in [0.3, 0.4) is 0 Å². The zero-order valence-corrected chi connectivity index (χ0v) is 18.2. The van der Waals surface area contributed by atoms with Crippen LogP contribution in [0.25, 0.3) is 0 Å². The van der Waals surface area contributed by atoms with Crippen LogP contribution in [0.15, 0.2) is 72.8 Å². The zero-order valence-electron chi connectivity index (χ0n) is 17.4. The van der Waals surface area contributed by atoms with E-state index in [0.717, 1.165) is 35.5 Å². The van der Waals surface area contributed by atoms with E-state index in [4.69, 9.17) is 4.74 Å². The number of hydrogen-bond donors (Lipinski definition) is 1. The maximum atomic E-state index is 12.7. The lowest BCUT2D eigenvalue weighted by Gasteiger charge is -2.25. The maximum absolute atomic E-state index is 12.7. The third-order valence-corrected chi connectivity index (χ3v) is 6.33. The van der Waals surface area contributed by atoms with Crippen LogP contribution in [0, 0.1) is 0 Å². The Bertz CT molecular complexity index is 1160. The molecule has 2 amide bonds. The van der Waals surface area contributed by atoms with Crippen molar-refractivity contribution in [3.8, 4) is 5.75 Å². The first-order valence-electron chi connectivity index (χ1n) is 9.92. The van der Waals surface area contributed by atoms with E-state index in [1.165, 1.54) is 11.8 Å². The van der Waals surface area contributed by atoms with Crippen LogP contribution >= 0.6 is 11.8 Å². The van der Waals surface area contributed by atoms with Gasteiger partial charge in [-0.3, -0.25) is 14.5 Å². The summed E-state index contributed by atoms with van der Waals surface area (Å²) in [7, 11) is 1.57. The quantitative estimate of drug-likeness (QED) is 0.514. The molecular weight excluding hydrogens is 453 g/mol. The minimum absolute atomic E-state index is 0.0330. The summed E-state index contributed by atoms with van der Waals surface area (Å²) in [6, 6.07) is 18.3. The number of nitrogens with zero attached hydrogens (tertiary/aromatic N) is 1. The summed E-state index contributed by atoms with van der Waals surface area (Å²) >= 11 is 1.47. The fraction of sp³-hybridized carbons (Fsp3) is 0.167. The number of thioether (sulfide) groups is 1. The lowest BCUT2D eigenvalue weighted by Crippen LogP contribution is -2.27. The third kappa shape index (κ3) is 4.98. The first-order chi connectivity index (χ1) is 15.8. The number of ether oxygens (including phenoxy) is 1. The molecule has 1 fully saturated rings. The van der Waals surface area contributed by atoms with E-state index in [-0.39, 0.29) is 16.8 Å². The van der Waals surface area contributed by atoms with Gasteiger partial charge in [0.1, 0.15) is 11.1 Å².